The molecule has 0 spiro atoms. The van der Waals surface area contributed by atoms with Gasteiger partial charge < -0.3 is 0 Å². The lowest BCUT2D eigenvalue weighted by Crippen LogP contribution is -1.93. The fourth-order valence-electron chi connectivity index (χ4n) is 2.46. The van der Waals surface area contributed by atoms with Gasteiger partial charge in [-0.3, -0.25) is 10.1 Å². The van der Waals surface area contributed by atoms with Crippen LogP contribution in [0.1, 0.15) is 50.9 Å². The summed E-state index contributed by atoms with van der Waals surface area (Å²) in [6.07, 6.45) is 0. The van der Waals surface area contributed by atoms with E-state index in [-0.39, 0.29) is 0 Å². The van der Waals surface area contributed by atoms with Crippen molar-refractivity contribution in [3.63, 3.8) is 0 Å². The highest BCUT2D eigenvalue weighted by atomic mass is 15.1. The first kappa shape index (κ1) is 12.2. The van der Waals surface area contributed by atoms with Gasteiger partial charge in [-0.25, -0.2) is 0 Å². The van der Waals surface area contributed by atoms with E-state index in [1.165, 1.54) is 11.1 Å². The molecule has 19 heavy (non-hydrogen) atoms. The normalized spacial score (nSPS) is 12.1. The van der Waals surface area contributed by atoms with E-state index in [1.54, 1.807) is 0 Å². The third-order valence-corrected chi connectivity index (χ3v) is 3.60. The van der Waals surface area contributed by atoms with Gasteiger partial charge in [0.1, 0.15) is 5.52 Å². The molecule has 3 nitrogen and oxygen atoms in total. The number of hydrogen-bond donors (Lipinski definition) is 1. The number of nitrogens with one attached hydrogen (secondary N) is 1. The van der Waals surface area contributed by atoms with Crippen LogP contribution in [-0.2, 0) is 0 Å². The summed E-state index contributed by atoms with van der Waals surface area (Å²) in [6, 6.07) is 8.53. The maximum atomic E-state index is 4.79. The van der Waals surface area contributed by atoms with Crippen LogP contribution in [-0.4, -0.2) is 15.2 Å². The molecule has 98 valence electrons. The van der Waals surface area contributed by atoms with Crippen molar-refractivity contribution in [1.82, 2.24) is 15.2 Å². The Balaban J connectivity index is 2.35. The van der Waals surface area contributed by atoms with E-state index in [9.17, 15) is 0 Å². The van der Waals surface area contributed by atoms with Gasteiger partial charge in [0.15, 0.2) is 0 Å². The zero-order valence-corrected chi connectivity index (χ0v) is 11.9. The molecule has 2 aromatic heterocycles. The van der Waals surface area contributed by atoms with Crippen LogP contribution < -0.4 is 0 Å². The summed E-state index contributed by atoms with van der Waals surface area (Å²) in [7, 11) is 0. The minimum atomic E-state index is 0.433. The van der Waals surface area contributed by atoms with Crippen molar-refractivity contribution in [2.75, 3.05) is 0 Å². The minimum absolute atomic E-state index is 0.433. The van der Waals surface area contributed by atoms with Crippen molar-refractivity contribution < 1.29 is 0 Å². The average molecular weight is 253 g/mol. The molecular weight excluding hydrogens is 234 g/mol. The van der Waals surface area contributed by atoms with E-state index in [0.717, 1.165) is 22.1 Å². The predicted octanol–water partition coefficient (Wildman–Crippen LogP) is 4.36. The summed E-state index contributed by atoms with van der Waals surface area (Å²) in [5.41, 5.74) is 4.30. The number of hydrogen-bond acceptors (Lipinski definition) is 2. The van der Waals surface area contributed by atoms with Crippen LogP contribution in [0.3, 0.4) is 0 Å². The monoisotopic (exact) mass is 253 g/mol. The van der Waals surface area contributed by atoms with Crippen LogP contribution in [0, 0.1) is 0 Å². The number of aromatic amines is 1. The van der Waals surface area contributed by atoms with E-state index in [0.29, 0.717) is 11.8 Å². The SMILES string of the molecule is CC(C)c1ccc2ccc3c(C(C)C)[nH]nc3c2n1. The standard InChI is InChI=1S/C16H19N3/c1-9(2)13-8-6-11-5-7-12-14(10(3)4)18-19-16(12)15(11)17-13/h5-10H,1-4H3,(H,18,19). The number of benzene rings is 1. The summed E-state index contributed by atoms with van der Waals surface area (Å²) < 4.78 is 0. The molecule has 3 aromatic rings. The predicted molar refractivity (Wildman–Crippen MR) is 79.6 cm³/mol. The lowest BCUT2D eigenvalue weighted by molar-refractivity contribution is 0.818. The van der Waals surface area contributed by atoms with Gasteiger partial charge in [-0.15, -0.1) is 0 Å². The first-order valence-corrected chi connectivity index (χ1v) is 6.85. The van der Waals surface area contributed by atoms with Gasteiger partial charge in [0.05, 0.1) is 5.52 Å². The van der Waals surface area contributed by atoms with Crippen molar-refractivity contribution in [3.05, 3.63) is 35.7 Å². The van der Waals surface area contributed by atoms with Gasteiger partial charge >= 0.3 is 0 Å². The topological polar surface area (TPSA) is 41.6 Å². The van der Waals surface area contributed by atoms with Gasteiger partial charge in [0.25, 0.3) is 0 Å². The molecule has 0 fully saturated rings. The molecule has 0 saturated heterocycles. The van der Waals surface area contributed by atoms with Gasteiger partial charge in [-0.1, -0.05) is 45.9 Å². The molecule has 3 heteroatoms. The first-order chi connectivity index (χ1) is 9.08. The summed E-state index contributed by atoms with van der Waals surface area (Å²) in [6.45, 7) is 8.68. The Hall–Kier alpha value is -1.90. The Kier molecular flexibility index (Phi) is 2.77. The number of nitrogens with zero attached hydrogens (tertiary/aromatic N) is 2. The van der Waals surface area contributed by atoms with Crippen LogP contribution in [0.5, 0.6) is 0 Å². The van der Waals surface area contributed by atoms with Crippen LogP contribution in [0.25, 0.3) is 21.8 Å². The van der Waals surface area contributed by atoms with E-state index in [1.807, 2.05) is 0 Å². The van der Waals surface area contributed by atoms with Crippen LogP contribution in [0.15, 0.2) is 24.3 Å². The fraction of sp³-hybridized carbons (Fsp3) is 0.375. The van der Waals surface area contributed by atoms with Crippen molar-refractivity contribution >= 4 is 21.8 Å². The quantitative estimate of drug-likeness (QED) is 0.737. The molecule has 0 atom stereocenters. The molecule has 0 unspecified atom stereocenters. The van der Waals surface area contributed by atoms with Crippen molar-refractivity contribution in [3.8, 4) is 0 Å². The number of rotatable bonds is 2. The summed E-state index contributed by atoms with van der Waals surface area (Å²) in [5, 5.41) is 9.99. The molecule has 0 aliphatic carbocycles. The highest BCUT2D eigenvalue weighted by molar-refractivity contribution is 6.03. The molecule has 1 N–H and O–H groups in total. The number of pyridine rings is 1. The van der Waals surface area contributed by atoms with Crippen LogP contribution in [0.4, 0.5) is 0 Å². The van der Waals surface area contributed by atoms with Gasteiger partial charge in [0, 0.05) is 22.2 Å². The van der Waals surface area contributed by atoms with E-state index < -0.39 is 0 Å². The Labute approximate surface area is 113 Å². The Morgan fingerprint density at radius 3 is 2.32 bits per heavy atom. The molecule has 1 aromatic carbocycles. The lowest BCUT2D eigenvalue weighted by Gasteiger charge is -2.06. The molecule has 0 aliphatic rings. The van der Waals surface area contributed by atoms with Crippen LogP contribution in [0.2, 0.25) is 0 Å². The third kappa shape index (κ3) is 1.89. The largest absolute Gasteiger partial charge is 0.281 e. The van der Waals surface area contributed by atoms with Gasteiger partial charge in [-0.2, -0.15) is 5.10 Å². The molecule has 3 rings (SSSR count). The highest BCUT2D eigenvalue weighted by Gasteiger charge is 2.13. The average Bonchev–Trinajstić information content (AvgIpc) is 2.82. The molecule has 2 heterocycles. The van der Waals surface area contributed by atoms with Crippen LogP contribution >= 0.6 is 0 Å². The molecule has 0 aliphatic heterocycles. The molecule has 0 bridgehead atoms. The van der Waals surface area contributed by atoms with Crippen molar-refractivity contribution in [1.29, 1.82) is 0 Å². The molecular formula is C16H19N3. The van der Waals surface area contributed by atoms with E-state index in [4.69, 9.17) is 4.98 Å². The zero-order valence-electron chi connectivity index (χ0n) is 11.9. The number of aromatic nitrogens is 3. The molecule has 0 radical (unpaired) electrons. The second kappa shape index (κ2) is 4.34. The van der Waals surface area contributed by atoms with Crippen molar-refractivity contribution in [2.45, 2.75) is 39.5 Å². The number of H-pyrrole nitrogens is 1. The van der Waals surface area contributed by atoms with Crippen molar-refractivity contribution in [2.24, 2.45) is 0 Å². The van der Waals surface area contributed by atoms with E-state index in [2.05, 4.69) is 62.2 Å². The second-order valence-corrected chi connectivity index (χ2v) is 5.72. The second-order valence-electron chi connectivity index (χ2n) is 5.72. The summed E-state index contributed by atoms with van der Waals surface area (Å²) >= 11 is 0. The van der Waals surface area contributed by atoms with E-state index >= 15 is 0 Å². The Bertz CT molecular complexity index is 738. The Morgan fingerprint density at radius 2 is 1.63 bits per heavy atom. The van der Waals surface area contributed by atoms with Gasteiger partial charge in [-0.05, 0) is 17.9 Å². The third-order valence-electron chi connectivity index (χ3n) is 3.60. The number of fused-ring (bicyclic) bond motifs is 3. The van der Waals surface area contributed by atoms with Gasteiger partial charge in [0.2, 0.25) is 0 Å². The summed E-state index contributed by atoms with van der Waals surface area (Å²) in [5.74, 6) is 0.874. The maximum Gasteiger partial charge on any atom is 0.119 e. The lowest BCUT2D eigenvalue weighted by atomic mass is 10.0. The molecule has 0 amide bonds. The minimum Gasteiger partial charge on any atom is -0.281 e. The highest BCUT2D eigenvalue weighted by Crippen LogP contribution is 2.29. The summed E-state index contributed by atoms with van der Waals surface area (Å²) in [4.78, 5) is 4.79. The zero-order chi connectivity index (χ0) is 13.6. The first-order valence-electron chi connectivity index (χ1n) is 6.85. The maximum absolute atomic E-state index is 4.79. The fourth-order valence-corrected chi connectivity index (χ4v) is 2.46. The molecule has 0 saturated carbocycles. The Morgan fingerprint density at radius 1 is 0.895 bits per heavy atom. The smallest absolute Gasteiger partial charge is 0.119 e.